The van der Waals surface area contributed by atoms with Crippen molar-refractivity contribution in [2.75, 3.05) is 50.6 Å². The lowest BCUT2D eigenvalue weighted by Gasteiger charge is -2.19. The van der Waals surface area contributed by atoms with Gasteiger partial charge in [-0.3, -0.25) is 9.89 Å². The highest BCUT2D eigenvalue weighted by Crippen LogP contribution is 2.26. The summed E-state index contributed by atoms with van der Waals surface area (Å²) in [6.45, 7) is 6.30. The SMILES string of the molecule is CCN(CCCOc1ccc2c(Nc3cc(CC(=O)Nc4cccc(F)c4)[nH]n3)ncnc2c1)CCOC. The Morgan fingerprint density at radius 1 is 1.11 bits per heavy atom. The quantitative estimate of drug-likeness (QED) is 0.212. The van der Waals surface area contributed by atoms with Gasteiger partial charge < -0.3 is 25.0 Å². The van der Waals surface area contributed by atoms with Crippen molar-refractivity contribution >= 4 is 34.1 Å². The molecule has 0 fully saturated rings. The highest BCUT2D eigenvalue weighted by molar-refractivity contribution is 5.93. The molecule has 0 bridgehead atoms. The Morgan fingerprint density at radius 2 is 2.00 bits per heavy atom. The van der Waals surface area contributed by atoms with Crippen LogP contribution in [0.3, 0.4) is 0 Å². The minimum atomic E-state index is -0.413. The predicted octanol–water partition coefficient (Wildman–Crippen LogP) is 4.15. The van der Waals surface area contributed by atoms with E-state index in [1.165, 1.54) is 24.5 Å². The second-order valence-corrected chi connectivity index (χ2v) is 8.67. The molecule has 10 nitrogen and oxygen atoms in total. The Labute approximate surface area is 220 Å². The number of nitrogens with one attached hydrogen (secondary N) is 3. The second-order valence-electron chi connectivity index (χ2n) is 8.67. The third-order valence-corrected chi connectivity index (χ3v) is 5.89. The van der Waals surface area contributed by atoms with E-state index in [4.69, 9.17) is 9.47 Å². The summed E-state index contributed by atoms with van der Waals surface area (Å²) in [7, 11) is 1.71. The molecule has 1 amide bonds. The van der Waals surface area contributed by atoms with Crippen molar-refractivity contribution in [1.82, 2.24) is 25.1 Å². The first-order valence-corrected chi connectivity index (χ1v) is 12.5. The topological polar surface area (TPSA) is 117 Å². The molecule has 0 spiro atoms. The van der Waals surface area contributed by atoms with Crippen molar-refractivity contribution in [3.8, 4) is 5.75 Å². The fraction of sp³-hybridized carbons (Fsp3) is 0.333. The lowest BCUT2D eigenvalue weighted by molar-refractivity contribution is -0.115. The molecule has 0 aliphatic heterocycles. The van der Waals surface area contributed by atoms with Crippen LogP contribution >= 0.6 is 0 Å². The molecule has 200 valence electrons. The van der Waals surface area contributed by atoms with Crippen LogP contribution in [0.5, 0.6) is 5.75 Å². The van der Waals surface area contributed by atoms with Crippen molar-refractivity contribution in [3.05, 3.63) is 66.4 Å². The number of methoxy groups -OCH3 is 1. The molecule has 0 aliphatic carbocycles. The van der Waals surface area contributed by atoms with Gasteiger partial charge in [0.25, 0.3) is 0 Å². The molecule has 0 radical (unpaired) electrons. The van der Waals surface area contributed by atoms with Crippen LogP contribution < -0.4 is 15.4 Å². The van der Waals surface area contributed by atoms with E-state index < -0.39 is 5.82 Å². The van der Waals surface area contributed by atoms with Crippen LogP contribution in [0.1, 0.15) is 19.0 Å². The van der Waals surface area contributed by atoms with Gasteiger partial charge in [0.15, 0.2) is 5.82 Å². The van der Waals surface area contributed by atoms with Crippen LogP contribution in [0.15, 0.2) is 54.9 Å². The number of amides is 1. The van der Waals surface area contributed by atoms with Gasteiger partial charge in [0, 0.05) is 49.1 Å². The van der Waals surface area contributed by atoms with E-state index in [2.05, 4.69) is 42.6 Å². The highest BCUT2D eigenvalue weighted by atomic mass is 19.1. The van der Waals surface area contributed by atoms with Gasteiger partial charge in [0.1, 0.15) is 23.7 Å². The molecule has 11 heteroatoms. The lowest BCUT2D eigenvalue weighted by atomic mass is 10.2. The van der Waals surface area contributed by atoms with Gasteiger partial charge in [0.05, 0.1) is 25.2 Å². The fourth-order valence-corrected chi connectivity index (χ4v) is 3.93. The number of likely N-dealkylation sites (N-methyl/N-ethyl adjacent to an activating group) is 1. The minimum absolute atomic E-state index is 0.0544. The first-order chi connectivity index (χ1) is 18.5. The smallest absolute Gasteiger partial charge is 0.230 e. The van der Waals surface area contributed by atoms with Gasteiger partial charge in [-0.25, -0.2) is 14.4 Å². The third kappa shape index (κ3) is 7.70. The standard InChI is InChI=1S/C27H32FN7O3/c1-3-35(11-13-37-2)10-5-12-38-22-8-9-23-24(17-22)29-18-30-27(23)32-25-15-21(33-34-25)16-26(36)31-20-7-4-6-19(28)14-20/h4,6-9,14-15,17-18H,3,5,10-13,16H2,1-2H3,(H,31,36)(H2,29,30,32,33,34). The number of aromatic amines is 1. The number of ether oxygens (including phenoxy) is 2. The maximum absolute atomic E-state index is 13.3. The van der Waals surface area contributed by atoms with E-state index in [0.29, 0.717) is 29.6 Å². The Hall–Kier alpha value is -4.09. The number of anilines is 3. The van der Waals surface area contributed by atoms with Gasteiger partial charge in [-0.05, 0) is 43.3 Å². The van der Waals surface area contributed by atoms with Gasteiger partial charge in [-0.1, -0.05) is 13.0 Å². The zero-order valence-corrected chi connectivity index (χ0v) is 21.5. The number of hydrogen-bond acceptors (Lipinski definition) is 8. The summed E-state index contributed by atoms with van der Waals surface area (Å²) in [6, 6.07) is 13.2. The summed E-state index contributed by atoms with van der Waals surface area (Å²) in [5, 5.41) is 13.7. The maximum Gasteiger partial charge on any atom is 0.230 e. The van der Waals surface area contributed by atoms with Crippen LogP contribution in [-0.2, 0) is 16.0 Å². The molecule has 2 heterocycles. The van der Waals surface area contributed by atoms with Crippen LogP contribution in [0.4, 0.5) is 21.7 Å². The second kappa shape index (κ2) is 13.5. The first-order valence-electron chi connectivity index (χ1n) is 12.5. The number of carbonyl (C=O) groups is 1. The average molecular weight is 522 g/mol. The summed E-state index contributed by atoms with van der Waals surface area (Å²) < 4.78 is 24.4. The zero-order valence-electron chi connectivity index (χ0n) is 21.5. The number of hydrogen-bond donors (Lipinski definition) is 3. The minimum Gasteiger partial charge on any atom is -0.493 e. The molecule has 0 saturated carbocycles. The molecule has 0 aliphatic rings. The van der Waals surface area contributed by atoms with Crippen LogP contribution in [0.2, 0.25) is 0 Å². The molecule has 4 aromatic rings. The normalized spacial score (nSPS) is 11.2. The number of aromatic nitrogens is 4. The Balaban J connectivity index is 1.32. The summed E-state index contributed by atoms with van der Waals surface area (Å²) in [5.41, 5.74) is 1.73. The average Bonchev–Trinajstić information content (AvgIpc) is 3.34. The molecule has 0 unspecified atom stereocenters. The molecule has 4 rings (SSSR count). The van der Waals surface area contributed by atoms with Gasteiger partial charge in [-0.15, -0.1) is 0 Å². The van der Waals surface area contributed by atoms with Gasteiger partial charge in [0.2, 0.25) is 5.91 Å². The highest BCUT2D eigenvalue weighted by Gasteiger charge is 2.11. The van der Waals surface area contributed by atoms with E-state index >= 15 is 0 Å². The molecule has 0 atom stereocenters. The van der Waals surface area contributed by atoms with Crippen molar-refractivity contribution in [2.45, 2.75) is 19.8 Å². The summed E-state index contributed by atoms with van der Waals surface area (Å²) in [6.07, 6.45) is 2.44. The molecule has 2 aromatic heterocycles. The number of halogens is 1. The van der Waals surface area contributed by atoms with E-state index in [-0.39, 0.29) is 12.3 Å². The van der Waals surface area contributed by atoms with Crippen molar-refractivity contribution in [2.24, 2.45) is 0 Å². The van der Waals surface area contributed by atoms with Gasteiger partial charge >= 0.3 is 0 Å². The lowest BCUT2D eigenvalue weighted by Crippen LogP contribution is -2.29. The molecular weight excluding hydrogens is 489 g/mol. The van der Waals surface area contributed by atoms with E-state index in [0.717, 1.165) is 49.3 Å². The molecule has 2 aromatic carbocycles. The van der Waals surface area contributed by atoms with Gasteiger partial charge in [-0.2, -0.15) is 5.10 Å². The number of rotatable bonds is 14. The van der Waals surface area contributed by atoms with E-state index in [9.17, 15) is 9.18 Å². The zero-order chi connectivity index (χ0) is 26.7. The van der Waals surface area contributed by atoms with Crippen molar-refractivity contribution < 1.29 is 18.7 Å². The van der Waals surface area contributed by atoms with Crippen LogP contribution in [-0.4, -0.2) is 70.9 Å². The number of carbonyl (C=O) groups excluding carboxylic acids is 1. The third-order valence-electron chi connectivity index (χ3n) is 5.89. The monoisotopic (exact) mass is 521 g/mol. The molecular formula is C27H32FN7O3. The number of nitrogens with zero attached hydrogens (tertiary/aromatic N) is 4. The molecule has 0 saturated heterocycles. The fourth-order valence-electron chi connectivity index (χ4n) is 3.93. The first kappa shape index (κ1) is 27.0. The number of H-pyrrole nitrogens is 1. The largest absolute Gasteiger partial charge is 0.493 e. The van der Waals surface area contributed by atoms with E-state index in [1.807, 2.05) is 18.2 Å². The maximum atomic E-state index is 13.3. The summed E-state index contributed by atoms with van der Waals surface area (Å²) in [4.78, 5) is 23.4. The molecule has 3 N–H and O–H groups in total. The summed E-state index contributed by atoms with van der Waals surface area (Å²) in [5.74, 6) is 1.13. The van der Waals surface area contributed by atoms with Crippen molar-refractivity contribution in [3.63, 3.8) is 0 Å². The predicted molar refractivity (Wildman–Crippen MR) is 144 cm³/mol. The Morgan fingerprint density at radius 3 is 2.82 bits per heavy atom. The van der Waals surface area contributed by atoms with Crippen molar-refractivity contribution in [1.29, 1.82) is 0 Å². The van der Waals surface area contributed by atoms with Crippen LogP contribution in [0.25, 0.3) is 10.9 Å². The summed E-state index contributed by atoms with van der Waals surface area (Å²) >= 11 is 0. The Kier molecular flexibility index (Phi) is 9.54. The molecule has 38 heavy (non-hydrogen) atoms. The number of benzene rings is 2. The van der Waals surface area contributed by atoms with E-state index in [1.54, 1.807) is 19.2 Å². The Bertz CT molecular complexity index is 1350. The van der Waals surface area contributed by atoms with Crippen LogP contribution in [0, 0.1) is 5.82 Å². The number of fused-ring (bicyclic) bond motifs is 1.